The maximum absolute atomic E-state index is 12.3. The first kappa shape index (κ1) is 17.9. The molecule has 0 amide bonds. The molecule has 3 heterocycles. The highest BCUT2D eigenvalue weighted by molar-refractivity contribution is 5.81. The van der Waals surface area contributed by atoms with Crippen LogP contribution in [0.2, 0.25) is 0 Å². The van der Waals surface area contributed by atoms with Crippen LogP contribution in [-0.4, -0.2) is 21.2 Å². The zero-order valence-electron chi connectivity index (χ0n) is 15.1. The van der Waals surface area contributed by atoms with Crippen molar-refractivity contribution >= 4 is 17.0 Å². The van der Waals surface area contributed by atoms with Gasteiger partial charge in [-0.05, 0) is 55.0 Å². The lowest BCUT2D eigenvalue weighted by Gasteiger charge is -2.09. The molecule has 0 bridgehead atoms. The van der Waals surface area contributed by atoms with Gasteiger partial charge in [0, 0.05) is 17.4 Å². The van der Waals surface area contributed by atoms with Gasteiger partial charge in [0.05, 0.1) is 16.9 Å². The number of nitrogens with one attached hydrogen (secondary N) is 1. The van der Waals surface area contributed by atoms with Crippen LogP contribution in [0.1, 0.15) is 12.6 Å². The smallest absolute Gasteiger partial charge is 0.387 e. The van der Waals surface area contributed by atoms with Crippen molar-refractivity contribution in [1.29, 1.82) is 0 Å². The number of aromatic nitrogens is 3. The predicted molar refractivity (Wildman–Crippen MR) is 104 cm³/mol. The number of alkyl halides is 2. The van der Waals surface area contributed by atoms with Gasteiger partial charge < -0.3 is 10.1 Å². The van der Waals surface area contributed by atoms with Crippen molar-refractivity contribution in [1.82, 2.24) is 14.6 Å². The Kier molecular flexibility index (Phi) is 4.89. The quantitative estimate of drug-likeness (QED) is 0.493. The van der Waals surface area contributed by atoms with Crippen LogP contribution in [0.5, 0.6) is 5.75 Å². The molecule has 0 atom stereocenters. The average Bonchev–Trinajstić information content (AvgIpc) is 3.08. The number of hydrogen-bond donors (Lipinski definition) is 1. The molecule has 0 unspecified atom stereocenters. The van der Waals surface area contributed by atoms with E-state index in [2.05, 4.69) is 22.1 Å². The Morgan fingerprint density at radius 2 is 1.86 bits per heavy atom. The normalized spacial score (nSPS) is 11.1. The number of rotatable bonds is 6. The summed E-state index contributed by atoms with van der Waals surface area (Å²) in [7, 11) is 0. The Hall–Kier alpha value is -3.48. The van der Waals surface area contributed by atoms with Crippen LogP contribution in [0.4, 0.5) is 20.3 Å². The van der Waals surface area contributed by atoms with E-state index < -0.39 is 6.61 Å². The highest BCUT2D eigenvalue weighted by Gasteiger charge is 2.14. The minimum Gasteiger partial charge on any atom is -0.435 e. The number of halogens is 2. The van der Waals surface area contributed by atoms with Crippen LogP contribution in [0.25, 0.3) is 16.8 Å². The molecule has 4 aromatic rings. The molecule has 3 aromatic heterocycles. The molecule has 0 aliphatic rings. The number of aryl methyl sites for hydroxylation is 1. The number of nitrogens with zero attached hydrogens (tertiary/aromatic N) is 3. The summed E-state index contributed by atoms with van der Waals surface area (Å²) < 4.78 is 30.8. The van der Waals surface area contributed by atoms with Crippen LogP contribution in [0.3, 0.4) is 0 Å². The van der Waals surface area contributed by atoms with Crippen molar-refractivity contribution in [3.05, 3.63) is 72.6 Å². The van der Waals surface area contributed by atoms with E-state index in [0.29, 0.717) is 5.82 Å². The number of ether oxygens (including phenoxy) is 1. The average molecular weight is 380 g/mol. The fourth-order valence-corrected chi connectivity index (χ4v) is 3.09. The van der Waals surface area contributed by atoms with E-state index in [1.807, 2.05) is 47.1 Å². The Bertz CT molecular complexity index is 1090. The van der Waals surface area contributed by atoms with Crippen LogP contribution >= 0.6 is 0 Å². The molecule has 5 nitrogen and oxygen atoms in total. The Morgan fingerprint density at radius 1 is 1.04 bits per heavy atom. The maximum Gasteiger partial charge on any atom is 0.387 e. The largest absolute Gasteiger partial charge is 0.435 e. The van der Waals surface area contributed by atoms with E-state index >= 15 is 0 Å². The van der Waals surface area contributed by atoms with Crippen molar-refractivity contribution in [2.24, 2.45) is 0 Å². The summed E-state index contributed by atoms with van der Waals surface area (Å²) in [5, 5.41) is 7.83. The van der Waals surface area contributed by atoms with Crippen LogP contribution < -0.4 is 10.1 Å². The summed E-state index contributed by atoms with van der Waals surface area (Å²) in [4.78, 5) is 4.72. The second kappa shape index (κ2) is 7.64. The van der Waals surface area contributed by atoms with Gasteiger partial charge in [-0.1, -0.05) is 19.1 Å². The molecule has 1 N–H and O–H groups in total. The molecule has 28 heavy (non-hydrogen) atoms. The molecule has 142 valence electrons. The number of anilines is 2. The van der Waals surface area contributed by atoms with E-state index in [9.17, 15) is 8.78 Å². The second-order valence-electron chi connectivity index (χ2n) is 6.14. The van der Waals surface area contributed by atoms with Crippen LogP contribution in [-0.2, 0) is 6.42 Å². The van der Waals surface area contributed by atoms with E-state index in [4.69, 9.17) is 4.98 Å². The summed E-state index contributed by atoms with van der Waals surface area (Å²) in [6, 6.07) is 18.0. The highest BCUT2D eigenvalue weighted by Crippen LogP contribution is 2.29. The topological polar surface area (TPSA) is 51.5 Å². The van der Waals surface area contributed by atoms with Gasteiger partial charge in [-0.25, -0.2) is 9.50 Å². The van der Waals surface area contributed by atoms with Gasteiger partial charge in [0.2, 0.25) is 0 Å². The van der Waals surface area contributed by atoms with Gasteiger partial charge in [0.25, 0.3) is 0 Å². The fraction of sp³-hybridized carbons (Fsp3) is 0.143. The standard InChI is InChI=1S/C21H18F2N4O/c1-2-16-20(18-7-3-4-13-27(18)26-16)17-6-5-8-19(25-17)24-14-9-11-15(12-10-14)28-21(22)23/h3-13,21H,2H2,1H3,(H,24,25). The third-order valence-electron chi connectivity index (χ3n) is 4.30. The van der Waals surface area contributed by atoms with E-state index in [-0.39, 0.29) is 5.75 Å². The van der Waals surface area contributed by atoms with E-state index in [1.165, 1.54) is 12.1 Å². The molecular weight excluding hydrogens is 362 g/mol. The minimum absolute atomic E-state index is 0.112. The molecule has 4 rings (SSSR count). The Balaban J connectivity index is 1.64. The number of pyridine rings is 2. The summed E-state index contributed by atoms with van der Waals surface area (Å²) in [5.41, 5.74) is 4.52. The Morgan fingerprint density at radius 3 is 2.61 bits per heavy atom. The Labute approximate surface area is 160 Å². The first-order chi connectivity index (χ1) is 13.6. The maximum atomic E-state index is 12.3. The first-order valence-electron chi connectivity index (χ1n) is 8.89. The lowest BCUT2D eigenvalue weighted by atomic mass is 10.1. The molecule has 7 heteroatoms. The van der Waals surface area contributed by atoms with Gasteiger partial charge in [-0.3, -0.25) is 0 Å². The van der Waals surface area contributed by atoms with Crippen LogP contribution in [0.15, 0.2) is 66.9 Å². The van der Waals surface area contributed by atoms with Crippen LogP contribution in [0, 0.1) is 0 Å². The molecule has 0 fully saturated rings. The summed E-state index contributed by atoms with van der Waals surface area (Å²) in [5.74, 6) is 0.763. The molecule has 0 aliphatic heterocycles. The van der Waals surface area contributed by atoms with E-state index in [1.54, 1.807) is 12.1 Å². The molecule has 1 aromatic carbocycles. The van der Waals surface area contributed by atoms with Crippen molar-refractivity contribution in [3.63, 3.8) is 0 Å². The van der Waals surface area contributed by atoms with Crippen molar-refractivity contribution in [2.75, 3.05) is 5.32 Å². The first-order valence-corrected chi connectivity index (χ1v) is 8.89. The third kappa shape index (κ3) is 3.64. The van der Waals surface area contributed by atoms with Gasteiger partial charge in [0.15, 0.2) is 0 Å². The minimum atomic E-state index is -2.84. The number of benzene rings is 1. The summed E-state index contributed by atoms with van der Waals surface area (Å²) in [6.45, 7) is -0.771. The molecule has 0 radical (unpaired) electrons. The zero-order chi connectivity index (χ0) is 19.5. The van der Waals surface area contributed by atoms with Crippen molar-refractivity contribution < 1.29 is 13.5 Å². The van der Waals surface area contributed by atoms with Crippen molar-refractivity contribution in [2.45, 2.75) is 20.0 Å². The number of hydrogen-bond acceptors (Lipinski definition) is 4. The summed E-state index contributed by atoms with van der Waals surface area (Å²) in [6.07, 6.45) is 2.71. The van der Waals surface area contributed by atoms with E-state index in [0.717, 1.165) is 34.6 Å². The molecular formula is C21H18F2N4O. The van der Waals surface area contributed by atoms with Gasteiger partial charge in [-0.2, -0.15) is 13.9 Å². The summed E-state index contributed by atoms with van der Waals surface area (Å²) >= 11 is 0. The molecule has 0 aliphatic carbocycles. The molecule has 0 saturated heterocycles. The van der Waals surface area contributed by atoms with Gasteiger partial charge in [0.1, 0.15) is 11.6 Å². The second-order valence-corrected chi connectivity index (χ2v) is 6.14. The van der Waals surface area contributed by atoms with Crippen molar-refractivity contribution in [3.8, 4) is 17.0 Å². The number of fused-ring (bicyclic) bond motifs is 1. The molecule has 0 saturated carbocycles. The monoisotopic (exact) mass is 380 g/mol. The van der Waals surface area contributed by atoms with Gasteiger partial charge in [-0.15, -0.1) is 0 Å². The predicted octanol–water partition coefficient (Wildman–Crippen LogP) is 5.30. The lowest BCUT2D eigenvalue weighted by Crippen LogP contribution is -2.01. The third-order valence-corrected chi connectivity index (χ3v) is 4.30. The SMILES string of the molecule is CCc1nn2ccccc2c1-c1cccc(Nc2ccc(OC(F)F)cc2)n1. The molecule has 0 spiro atoms. The highest BCUT2D eigenvalue weighted by atomic mass is 19.3. The fourth-order valence-electron chi connectivity index (χ4n) is 3.09. The lowest BCUT2D eigenvalue weighted by molar-refractivity contribution is -0.0498. The van der Waals surface area contributed by atoms with Gasteiger partial charge >= 0.3 is 6.61 Å². The zero-order valence-corrected chi connectivity index (χ0v) is 15.1.